The van der Waals surface area contributed by atoms with Crippen LogP contribution >= 0.6 is 11.6 Å². The zero-order valence-corrected chi connectivity index (χ0v) is 11.6. The lowest BCUT2D eigenvalue weighted by molar-refractivity contribution is 0.102. The van der Waals surface area contributed by atoms with Gasteiger partial charge >= 0.3 is 0 Å². The van der Waals surface area contributed by atoms with Gasteiger partial charge in [0.1, 0.15) is 5.82 Å². The number of hydrogen-bond acceptors (Lipinski definition) is 2. The van der Waals surface area contributed by atoms with E-state index < -0.39 is 29.0 Å². The smallest absolute Gasteiger partial charge is 0.257 e. The zero-order chi connectivity index (χ0) is 15.6. The van der Waals surface area contributed by atoms with Crippen LogP contribution in [-0.4, -0.2) is 13.0 Å². The van der Waals surface area contributed by atoms with Gasteiger partial charge in [0.05, 0.1) is 11.3 Å². The molecule has 2 aromatic carbocycles. The van der Waals surface area contributed by atoms with E-state index in [0.29, 0.717) is 22.8 Å². The van der Waals surface area contributed by atoms with Gasteiger partial charge in [-0.25, -0.2) is 13.2 Å². The van der Waals surface area contributed by atoms with Crippen molar-refractivity contribution in [1.82, 2.24) is 0 Å². The second-order valence-electron chi connectivity index (χ2n) is 4.14. The van der Waals surface area contributed by atoms with Crippen molar-refractivity contribution in [2.24, 2.45) is 0 Å². The van der Waals surface area contributed by atoms with Gasteiger partial charge in [-0.1, -0.05) is 11.6 Å². The SMILES string of the molecule is CNc1ccc(Cl)cc1C(=O)Nc1cc(F)cc(F)c1F. The standard InChI is InChI=1S/C14H10ClF3N2O/c1-19-11-3-2-7(15)4-9(11)14(21)20-12-6-8(16)5-10(17)13(12)18/h2-6,19H,1H3,(H,20,21). The largest absolute Gasteiger partial charge is 0.387 e. The highest BCUT2D eigenvalue weighted by Gasteiger charge is 2.17. The van der Waals surface area contributed by atoms with Crippen LogP contribution in [0.3, 0.4) is 0 Å². The monoisotopic (exact) mass is 314 g/mol. The van der Waals surface area contributed by atoms with Crippen LogP contribution in [0.5, 0.6) is 0 Å². The molecular weight excluding hydrogens is 305 g/mol. The minimum absolute atomic E-state index is 0.120. The van der Waals surface area contributed by atoms with E-state index in [1.807, 2.05) is 0 Å². The predicted molar refractivity (Wildman–Crippen MR) is 75.3 cm³/mol. The minimum Gasteiger partial charge on any atom is -0.387 e. The summed E-state index contributed by atoms with van der Waals surface area (Å²) in [4.78, 5) is 12.1. The van der Waals surface area contributed by atoms with Crippen LogP contribution < -0.4 is 10.6 Å². The highest BCUT2D eigenvalue weighted by atomic mass is 35.5. The average Bonchev–Trinajstić information content (AvgIpc) is 2.44. The van der Waals surface area contributed by atoms with E-state index >= 15 is 0 Å². The fraction of sp³-hybridized carbons (Fsp3) is 0.0714. The van der Waals surface area contributed by atoms with Crippen molar-refractivity contribution in [1.29, 1.82) is 0 Å². The Kier molecular flexibility index (Phi) is 4.37. The third-order valence-electron chi connectivity index (χ3n) is 2.74. The van der Waals surface area contributed by atoms with Crippen molar-refractivity contribution in [3.8, 4) is 0 Å². The summed E-state index contributed by atoms with van der Waals surface area (Å²) in [7, 11) is 1.59. The summed E-state index contributed by atoms with van der Waals surface area (Å²) in [5, 5.41) is 5.18. The van der Waals surface area contributed by atoms with Gasteiger partial charge in [0.2, 0.25) is 0 Å². The third-order valence-corrected chi connectivity index (χ3v) is 2.97. The number of rotatable bonds is 3. The summed E-state index contributed by atoms with van der Waals surface area (Å²) in [6.07, 6.45) is 0. The molecule has 0 atom stereocenters. The summed E-state index contributed by atoms with van der Waals surface area (Å²) in [5.74, 6) is -4.46. The van der Waals surface area contributed by atoms with Crippen molar-refractivity contribution in [3.05, 3.63) is 58.4 Å². The Bertz CT molecular complexity index is 707. The fourth-order valence-corrected chi connectivity index (χ4v) is 1.93. The molecule has 2 rings (SSSR count). The van der Waals surface area contributed by atoms with Gasteiger partial charge in [-0.05, 0) is 18.2 Å². The summed E-state index contributed by atoms with van der Waals surface area (Å²) in [5.41, 5.74) is -0.0252. The van der Waals surface area contributed by atoms with Crippen LogP contribution in [0.15, 0.2) is 30.3 Å². The molecule has 1 amide bonds. The highest BCUT2D eigenvalue weighted by molar-refractivity contribution is 6.31. The molecule has 110 valence electrons. The second kappa shape index (κ2) is 6.05. The van der Waals surface area contributed by atoms with Crippen LogP contribution in [0.1, 0.15) is 10.4 Å². The summed E-state index contributed by atoms with van der Waals surface area (Å²) >= 11 is 5.80. The van der Waals surface area contributed by atoms with Crippen molar-refractivity contribution in [3.63, 3.8) is 0 Å². The zero-order valence-electron chi connectivity index (χ0n) is 10.8. The van der Waals surface area contributed by atoms with E-state index in [1.165, 1.54) is 6.07 Å². The first-order valence-electron chi connectivity index (χ1n) is 5.85. The topological polar surface area (TPSA) is 41.1 Å². The Morgan fingerprint density at radius 1 is 1.10 bits per heavy atom. The quantitative estimate of drug-likeness (QED) is 0.839. The molecule has 0 saturated heterocycles. The lowest BCUT2D eigenvalue weighted by atomic mass is 10.1. The molecule has 0 spiro atoms. The second-order valence-corrected chi connectivity index (χ2v) is 4.58. The van der Waals surface area contributed by atoms with Crippen LogP contribution in [0, 0.1) is 17.5 Å². The molecule has 0 heterocycles. The summed E-state index contributed by atoms with van der Waals surface area (Å²) in [6, 6.07) is 5.56. The maximum Gasteiger partial charge on any atom is 0.257 e. The van der Waals surface area contributed by atoms with Crippen molar-refractivity contribution < 1.29 is 18.0 Å². The van der Waals surface area contributed by atoms with E-state index in [1.54, 1.807) is 19.2 Å². The van der Waals surface area contributed by atoms with Crippen LogP contribution in [-0.2, 0) is 0 Å². The molecule has 0 bridgehead atoms. The minimum atomic E-state index is -1.38. The van der Waals surface area contributed by atoms with Crippen LogP contribution in [0.25, 0.3) is 0 Å². The van der Waals surface area contributed by atoms with Gasteiger partial charge in [-0.15, -0.1) is 0 Å². The number of hydrogen-bond donors (Lipinski definition) is 2. The maximum atomic E-state index is 13.5. The number of anilines is 2. The molecule has 0 aliphatic carbocycles. The normalized spacial score (nSPS) is 10.3. The van der Waals surface area contributed by atoms with E-state index in [9.17, 15) is 18.0 Å². The summed E-state index contributed by atoms with van der Waals surface area (Å²) in [6.45, 7) is 0. The number of amides is 1. The van der Waals surface area contributed by atoms with Crippen LogP contribution in [0.2, 0.25) is 5.02 Å². The Hall–Kier alpha value is -2.21. The molecule has 0 unspecified atom stereocenters. The molecule has 0 aliphatic heterocycles. The van der Waals surface area contributed by atoms with E-state index in [4.69, 9.17) is 11.6 Å². The highest BCUT2D eigenvalue weighted by Crippen LogP contribution is 2.24. The predicted octanol–water partition coefficient (Wildman–Crippen LogP) is 4.05. The van der Waals surface area contributed by atoms with Gasteiger partial charge in [-0.2, -0.15) is 0 Å². The molecule has 7 heteroatoms. The average molecular weight is 315 g/mol. The third kappa shape index (κ3) is 3.28. The number of nitrogens with one attached hydrogen (secondary N) is 2. The maximum absolute atomic E-state index is 13.5. The van der Waals surface area contributed by atoms with Crippen molar-refractivity contribution in [2.45, 2.75) is 0 Å². The molecule has 0 aromatic heterocycles. The lowest BCUT2D eigenvalue weighted by Gasteiger charge is -2.11. The van der Waals surface area contributed by atoms with E-state index in [-0.39, 0.29) is 5.56 Å². The number of carbonyl (C=O) groups excluding carboxylic acids is 1. The molecule has 3 nitrogen and oxygen atoms in total. The van der Waals surface area contributed by atoms with Gasteiger partial charge in [0.25, 0.3) is 5.91 Å². The van der Waals surface area contributed by atoms with E-state index in [0.717, 1.165) is 0 Å². The molecule has 21 heavy (non-hydrogen) atoms. The first kappa shape index (κ1) is 15.2. The van der Waals surface area contributed by atoms with Crippen molar-refractivity contribution >= 4 is 28.9 Å². The molecule has 0 saturated carbocycles. The Balaban J connectivity index is 2.37. The first-order valence-corrected chi connectivity index (χ1v) is 6.23. The molecule has 0 aliphatic rings. The fourth-order valence-electron chi connectivity index (χ4n) is 1.76. The van der Waals surface area contributed by atoms with Gasteiger partial charge in [0, 0.05) is 29.9 Å². The van der Waals surface area contributed by atoms with E-state index in [2.05, 4.69) is 10.6 Å². The Morgan fingerprint density at radius 3 is 2.48 bits per heavy atom. The number of carbonyl (C=O) groups is 1. The van der Waals surface area contributed by atoms with Crippen molar-refractivity contribution in [2.75, 3.05) is 17.7 Å². The van der Waals surface area contributed by atoms with Gasteiger partial charge in [-0.3, -0.25) is 4.79 Å². The molecule has 0 fully saturated rings. The molecule has 0 radical (unpaired) electrons. The summed E-state index contributed by atoms with van der Waals surface area (Å²) < 4.78 is 39.7. The lowest BCUT2D eigenvalue weighted by Crippen LogP contribution is -2.15. The van der Waals surface area contributed by atoms with Crippen LogP contribution in [0.4, 0.5) is 24.5 Å². The number of halogens is 4. The van der Waals surface area contributed by atoms with Gasteiger partial charge < -0.3 is 10.6 Å². The molecular formula is C14H10ClF3N2O. The Morgan fingerprint density at radius 2 is 1.81 bits per heavy atom. The van der Waals surface area contributed by atoms with Gasteiger partial charge in [0.15, 0.2) is 11.6 Å². The Labute approximate surface area is 123 Å². The molecule has 2 aromatic rings. The number of benzene rings is 2. The first-order chi connectivity index (χ1) is 9.92. The molecule has 2 N–H and O–H groups in total.